The fraction of sp³-hybridized carbons (Fsp3) is 0.333. The molecule has 3 nitrogen and oxygen atoms in total. The quantitative estimate of drug-likeness (QED) is 0.706. The molecule has 0 bridgehead atoms. The molecule has 0 saturated carbocycles. The topological polar surface area (TPSA) is 35.0 Å². The average Bonchev–Trinajstić information content (AvgIpc) is 1.95. The van der Waals surface area contributed by atoms with Crippen LogP contribution in [0.15, 0.2) is 6.07 Å². The predicted octanol–water partition coefficient (Wildman–Crippen LogP) is 1.40. The van der Waals surface area contributed by atoms with Crippen LogP contribution in [0.1, 0.15) is 5.56 Å². The number of aryl methyl sites for hydroxylation is 1. The van der Waals surface area contributed by atoms with Crippen molar-refractivity contribution in [1.29, 1.82) is 0 Å². The van der Waals surface area contributed by atoms with Gasteiger partial charge in [-0.25, -0.2) is 0 Å². The Morgan fingerprint density at radius 1 is 1.50 bits per heavy atom. The third kappa shape index (κ3) is 1.56. The minimum atomic E-state index is 0.568. The Balaban J connectivity index is 3.04. The van der Waals surface area contributed by atoms with Gasteiger partial charge in [0.1, 0.15) is 3.70 Å². The maximum Gasteiger partial charge on any atom is 0.233 e. The van der Waals surface area contributed by atoms with Gasteiger partial charge in [-0.1, -0.05) is 0 Å². The summed E-state index contributed by atoms with van der Waals surface area (Å²) in [6, 6.07) is 1.86. The van der Waals surface area contributed by atoms with Gasteiger partial charge >= 0.3 is 0 Å². The fourth-order valence-corrected chi connectivity index (χ4v) is 0.809. The molecule has 0 amide bonds. The van der Waals surface area contributed by atoms with Gasteiger partial charge in [0.25, 0.3) is 0 Å². The van der Waals surface area contributed by atoms with Gasteiger partial charge in [0.15, 0.2) is 0 Å². The highest BCUT2D eigenvalue weighted by molar-refractivity contribution is 14.1. The van der Waals surface area contributed by atoms with E-state index in [9.17, 15) is 0 Å². The molecule has 0 unspecified atom stereocenters. The van der Waals surface area contributed by atoms with E-state index in [4.69, 9.17) is 4.74 Å². The number of hydrogen-bond donors (Lipinski definition) is 0. The van der Waals surface area contributed by atoms with Crippen LogP contribution in [0.5, 0.6) is 5.88 Å². The monoisotopic (exact) mass is 250 g/mol. The first-order valence-electron chi connectivity index (χ1n) is 2.78. The van der Waals surface area contributed by atoms with Crippen LogP contribution in [0.4, 0.5) is 0 Å². The normalized spacial score (nSPS) is 9.50. The van der Waals surface area contributed by atoms with Gasteiger partial charge in [-0.2, -0.15) is 0 Å². The molecule has 54 valence electrons. The van der Waals surface area contributed by atoms with Crippen molar-refractivity contribution in [2.24, 2.45) is 0 Å². The molecule has 4 heteroatoms. The van der Waals surface area contributed by atoms with Crippen molar-refractivity contribution in [2.75, 3.05) is 7.11 Å². The molecule has 1 aromatic heterocycles. The van der Waals surface area contributed by atoms with E-state index in [0.717, 1.165) is 9.26 Å². The molecule has 0 aliphatic heterocycles. The van der Waals surface area contributed by atoms with Crippen molar-refractivity contribution in [3.8, 4) is 5.88 Å². The highest BCUT2D eigenvalue weighted by Gasteiger charge is 1.97. The minimum Gasteiger partial charge on any atom is -0.480 e. The lowest BCUT2D eigenvalue weighted by molar-refractivity contribution is 0.391. The molecule has 0 aromatic carbocycles. The van der Waals surface area contributed by atoms with Crippen molar-refractivity contribution < 1.29 is 4.74 Å². The van der Waals surface area contributed by atoms with E-state index in [0.29, 0.717) is 5.88 Å². The summed E-state index contributed by atoms with van der Waals surface area (Å²) in [5.41, 5.74) is 1.09. The molecule has 0 aliphatic carbocycles. The van der Waals surface area contributed by atoms with Crippen molar-refractivity contribution >= 4 is 22.6 Å². The smallest absolute Gasteiger partial charge is 0.233 e. The van der Waals surface area contributed by atoms with Gasteiger partial charge in [-0.15, -0.1) is 10.2 Å². The second-order valence-corrected chi connectivity index (χ2v) is 2.88. The molecule has 0 saturated heterocycles. The van der Waals surface area contributed by atoms with Crippen LogP contribution in [0.3, 0.4) is 0 Å². The van der Waals surface area contributed by atoms with Gasteiger partial charge in [0.2, 0.25) is 5.88 Å². The first-order chi connectivity index (χ1) is 4.74. The average molecular weight is 250 g/mol. The third-order valence-electron chi connectivity index (χ3n) is 1.11. The van der Waals surface area contributed by atoms with E-state index in [1.807, 2.05) is 13.0 Å². The van der Waals surface area contributed by atoms with E-state index >= 15 is 0 Å². The van der Waals surface area contributed by atoms with Crippen LogP contribution in [0.2, 0.25) is 0 Å². The lowest BCUT2D eigenvalue weighted by Crippen LogP contribution is -1.94. The zero-order chi connectivity index (χ0) is 7.56. The second-order valence-electron chi connectivity index (χ2n) is 1.86. The van der Waals surface area contributed by atoms with Crippen molar-refractivity contribution in [1.82, 2.24) is 10.2 Å². The standard InChI is InChI=1S/C6H7IN2O/c1-4-3-5(10-2)8-9-6(4)7/h3H,1-2H3. The summed E-state index contributed by atoms with van der Waals surface area (Å²) in [7, 11) is 1.58. The van der Waals surface area contributed by atoms with Crippen LogP contribution in [-0.2, 0) is 0 Å². The molecule has 0 atom stereocenters. The number of methoxy groups -OCH3 is 1. The third-order valence-corrected chi connectivity index (χ3v) is 2.18. The van der Waals surface area contributed by atoms with Crippen molar-refractivity contribution in [2.45, 2.75) is 6.92 Å². The predicted molar refractivity (Wildman–Crippen MR) is 46.0 cm³/mol. The Kier molecular flexibility index (Phi) is 2.42. The molecule has 1 rings (SSSR count). The van der Waals surface area contributed by atoms with Crippen LogP contribution in [0, 0.1) is 10.6 Å². The number of aromatic nitrogens is 2. The molecule has 0 spiro atoms. The zero-order valence-corrected chi connectivity index (χ0v) is 7.92. The van der Waals surface area contributed by atoms with Gasteiger partial charge < -0.3 is 4.74 Å². The van der Waals surface area contributed by atoms with Gasteiger partial charge in [-0.3, -0.25) is 0 Å². The Hall–Kier alpha value is -0.390. The van der Waals surface area contributed by atoms with E-state index in [2.05, 4.69) is 32.8 Å². The summed E-state index contributed by atoms with van der Waals surface area (Å²) in [6.45, 7) is 1.97. The molecular formula is C6H7IN2O. The minimum absolute atomic E-state index is 0.568. The number of hydrogen-bond acceptors (Lipinski definition) is 3. The van der Waals surface area contributed by atoms with E-state index < -0.39 is 0 Å². The Morgan fingerprint density at radius 3 is 2.70 bits per heavy atom. The Labute approximate surface area is 72.9 Å². The molecular weight excluding hydrogens is 243 g/mol. The summed E-state index contributed by atoms with van der Waals surface area (Å²) in [6.07, 6.45) is 0. The summed E-state index contributed by atoms with van der Waals surface area (Å²) < 4.78 is 5.79. The summed E-state index contributed by atoms with van der Waals surface area (Å²) in [5.74, 6) is 0.568. The Bertz CT molecular complexity index is 239. The number of rotatable bonds is 1. The van der Waals surface area contributed by atoms with Crippen LogP contribution >= 0.6 is 22.6 Å². The van der Waals surface area contributed by atoms with Crippen molar-refractivity contribution in [3.05, 3.63) is 15.3 Å². The molecule has 1 aromatic rings. The highest BCUT2D eigenvalue weighted by atomic mass is 127. The number of nitrogens with zero attached hydrogens (tertiary/aromatic N) is 2. The van der Waals surface area contributed by atoms with Crippen LogP contribution < -0.4 is 4.74 Å². The van der Waals surface area contributed by atoms with Crippen LogP contribution in [0.25, 0.3) is 0 Å². The zero-order valence-electron chi connectivity index (χ0n) is 5.76. The first kappa shape index (κ1) is 7.71. The van der Waals surface area contributed by atoms with Crippen LogP contribution in [-0.4, -0.2) is 17.3 Å². The fourth-order valence-electron chi connectivity index (χ4n) is 0.545. The SMILES string of the molecule is COc1cc(C)c(I)nn1. The van der Waals surface area contributed by atoms with Gasteiger partial charge in [0.05, 0.1) is 7.11 Å². The van der Waals surface area contributed by atoms with Crippen molar-refractivity contribution in [3.63, 3.8) is 0 Å². The van der Waals surface area contributed by atoms with E-state index in [-0.39, 0.29) is 0 Å². The maximum atomic E-state index is 4.87. The largest absolute Gasteiger partial charge is 0.480 e. The molecule has 0 N–H and O–H groups in total. The van der Waals surface area contributed by atoms with Gasteiger partial charge in [0, 0.05) is 6.07 Å². The number of ether oxygens (including phenoxy) is 1. The lowest BCUT2D eigenvalue weighted by atomic mass is 10.3. The lowest BCUT2D eigenvalue weighted by Gasteiger charge is -1.98. The summed E-state index contributed by atoms with van der Waals surface area (Å²) >= 11 is 2.13. The molecule has 0 fully saturated rings. The molecule has 10 heavy (non-hydrogen) atoms. The second kappa shape index (κ2) is 3.14. The molecule has 0 radical (unpaired) electrons. The molecule has 0 aliphatic rings. The van der Waals surface area contributed by atoms with E-state index in [1.54, 1.807) is 7.11 Å². The maximum absolute atomic E-state index is 4.87. The first-order valence-corrected chi connectivity index (χ1v) is 3.85. The Morgan fingerprint density at radius 2 is 2.20 bits per heavy atom. The highest BCUT2D eigenvalue weighted by Crippen LogP contribution is 2.11. The van der Waals surface area contributed by atoms with E-state index in [1.165, 1.54) is 0 Å². The number of halogens is 1. The van der Waals surface area contributed by atoms with Gasteiger partial charge in [-0.05, 0) is 35.1 Å². The molecule has 1 heterocycles. The summed E-state index contributed by atoms with van der Waals surface area (Å²) in [5, 5.41) is 7.64. The summed E-state index contributed by atoms with van der Waals surface area (Å²) in [4.78, 5) is 0.